The van der Waals surface area contributed by atoms with E-state index in [9.17, 15) is 29.4 Å². The molecule has 1 aliphatic rings. The van der Waals surface area contributed by atoms with Gasteiger partial charge in [-0.05, 0) is 42.5 Å². The topological polar surface area (TPSA) is 191 Å². The van der Waals surface area contributed by atoms with E-state index >= 15 is 0 Å². The van der Waals surface area contributed by atoms with Crippen LogP contribution in [0.25, 0.3) is 0 Å². The second kappa shape index (κ2) is 13.6. The second-order valence-electron chi connectivity index (χ2n) is 10.1. The van der Waals surface area contributed by atoms with Crippen LogP contribution < -0.4 is 16.4 Å². The van der Waals surface area contributed by atoms with Crippen molar-refractivity contribution >= 4 is 23.7 Å². The summed E-state index contributed by atoms with van der Waals surface area (Å²) >= 11 is 0. The average molecular weight is 563 g/mol. The lowest BCUT2D eigenvalue weighted by molar-refractivity contribution is -0.144. The molecule has 0 saturated carbocycles. The number of aliphatic carboxylic acids is 1. The monoisotopic (exact) mass is 562 g/mol. The summed E-state index contributed by atoms with van der Waals surface area (Å²) in [4.78, 5) is 60.1. The predicted molar refractivity (Wildman–Crippen MR) is 148 cm³/mol. The lowest BCUT2D eigenvalue weighted by Crippen LogP contribution is -2.57. The predicted octanol–water partition coefficient (Wildman–Crippen LogP) is 0.516. The van der Waals surface area contributed by atoms with E-state index in [1.165, 1.54) is 29.6 Å². The van der Waals surface area contributed by atoms with Crippen LogP contribution in [0, 0.1) is 0 Å². The van der Waals surface area contributed by atoms with Crippen LogP contribution in [0.2, 0.25) is 0 Å². The van der Waals surface area contributed by atoms with E-state index in [2.05, 4.69) is 20.6 Å². The van der Waals surface area contributed by atoms with Gasteiger partial charge >= 0.3 is 5.97 Å². The van der Waals surface area contributed by atoms with Crippen LogP contribution in [0.5, 0.6) is 5.75 Å². The van der Waals surface area contributed by atoms with Gasteiger partial charge in [0.25, 0.3) is 0 Å². The summed E-state index contributed by atoms with van der Waals surface area (Å²) in [5.74, 6) is -2.66. The number of benzene rings is 2. The van der Waals surface area contributed by atoms with Gasteiger partial charge in [-0.15, -0.1) is 0 Å². The van der Waals surface area contributed by atoms with E-state index < -0.39 is 47.9 Å². The molecule has 4 rings (SSSR count). The van der Waals surface area contributed by atoms with Crippen molar-refractivity contribution in [2.45, 2.75) is 56.3 Å². The summed E-state index contributed by atoms with van der Waals surface area (Å²) in [6.45, 7) is 0.288. The highest BCUT2D eigenvalue weighted by molar-refractivity contribution is 5.94. The molecule has 0 spiro atoms. The Morgan fingerprint density at radius 1 is 0.976 bits per heavy atom. The number of likely N-dealkylation sites (tertiary alicyclic amines) is 1. The standard InChI is InChI=1S/C29H34N6O6/c30-22(13-19-8-10-21(36)11-9-19)26(37)33-23(14-18-5-2-1-3-6-18)28(39)35-12-4-7-25(35)27(38)34-24(29(40)41)15-20-16-31-17-32-20/h1-3,5-6,8-11,16-17,22-25,36H,4,7,12-15,30H2,(H,31,32)(H,33,37)(H,34,38)(H,40,41). The Kier molecular flexibility index (Phi) is 9.69. The van der Waals surface area contributed by atoms with E-state index in [4.69, 9.17) is 5.73 Å². The van der Waals surface area contributed by atoms with Gasteiger partial charge in [-0.1, -0.05) is 42.5 Å². The third-order valence-corrected chi connectivity index (χ3v) is 7.06. The molecule has 2 aromatic carbocycles. The van der Waals surface area contributed by atoms with Crippen molar-refractivity contribution in [3.63, 3.8) is 0 Å². The molecule has 4 atom stereocenters. The van der Waals surface area contributed by atoms with Gasteiger partial charge in [0, 0.05) is 31.3 Å². The number of amides is 3. The van der Waals surface area contributed by atoms with Gasteiger partial charge < -0.3 is 36.5 Å². The molecule has 7 N–H and O–H groups in total. The third-order valence-electron chi connectivity index (χ3n) is 7.06. The summed E-state index contributed by atoms with van der Waals surface area (Å²) in [7, 11) is 0. The minimum absolute atomic E-state index is 0.00729. The number of aromatic amines is 1. The molecule has 12 nitrogen and oxygen atoms in total. The van der Waals surface area contributed by atoms with Crippen molar-refractivity contribution in [3.8, 4) is 5.75 Å². The van der Waals surface area contributed by atoms with Crippen LogP contribution in [0.15, 0.2) is 67.1 Å². The number of hydrogen-bond donors (Lipinski definition) is 6. The van der Waals surface area contributed by atoms with Crippen LogP contribution >= 0.6 is 0 Å². The number of aromatic nitrogens is 2. The molecule has 0 radical (unpaired) electrons. The number of nitrogens with zero attached hydrogens (tertiary/aromatic N) is 2. The summed E-state index contributed by atoms with van der Waals surface area (Å²) < 4.78 is 0. The molecule has 216 valence electrons. The van der Waals surface area contributed by atoms with E-state index in [-0.39, 0.29) is 31.6 Å². The van der Waals surface area contributed by atoms with Crippen LogP contribution in [0.3, 0.4) is 0 Å². The van der Waals surface area contributed by atoms with Crippen LogP contribution in [-0.4, -0.2) is 79.5 Å². The van der Waals surface area contributed by atoms with Crippen molar-refractivity contribution in [3.05, 3.63) is 83.9 Å². The van der Waals surface area contributed by atoms with Gasteiger partial charge in [0.05, 0.1) is 12.4 Å². The van der Waals surface area contributed by atoms with Crippen molar-refractivity contribution in [1.29, 1.82) is 0 Å². The van der Waals surface area contributed by atoms with Gasteiger partial charge in [-0.25, -0.2) is 9.78 Å². The third kappa shape index (κ3) is 7.92. The fraction of sp³-hybridized carbons (Fsp3) is 0.345. The number of phenolic OH excluding ortho intramolecular Hbond substituents is 1. The van der Waals surface area contributed by atoms with Crippen molar-refractivity contribution < 1.29 is 29.4 Å². The fourth-order valence-corrected chi connectivity index (χ4v) is 4.89. The van der Waals surface area contributed by atoms with Crippen molar-refractivity contribution in [1.82, 2.24) is 25.5 Å². The molecule has 0 aliphatic carbocycles. The minimum atomic E-state index is -1.21. The number of carboxylic acid groups (broad SMARTS) is 1. The molecule has 4 unspecified atom stereocenters. The summed E-state index contributed by atoms with van der Waals surface area (Å²) in [5.41, 5.74) is 8.27. The second-order valence-corrected chi connectivity index (χ2v) is 10.1. The molecule has 12 heteroatoms. The summed E-state index contributed by atoms with van der Waals surface area (Å²) in [6.07, 6.45) is 4.20. The molecule has 3 amide bonds. The number of imidazole rings is 1. The Bertz CT molecular complexity index is 1330. The first-order valence-corrected chi connectivity index (χ1v) is 13.4. The highest BCUT2D eigenvalue weighted by atomic mass is 16.4. The summed E-state index contributed by atoms with van der Waals surface area (Å²) in [6, 6.07) is 11.5. The largest absolute Gasteiger partial charge is 0.508 e. The zero-order chi connectivity index (χ0) is 29.4. The molecule has 0 bridgehead atoms. The maximum atomic E-state index is 13.8. The molecular formula is C29H34N6O6. The number of H-pyrrole nitrogens is 1. The lowest BCUT2D eigenvalue weighted by Gasteiger charge is -2.30. The Hall–Kier alpha value is -4.71. The molecule has 1 saturated heterocycles. The van der Waals surface area contributed by atoms with Gasteiger partial charge in [-0.3, -0.25) is 14.4 Å². The molecule has 1 fully saturated rings. The Morgan fingerprint density at radius 3 is 2.34 bits per heavy atom. The van der Waals surface area contributed by atoms with Crippen LogP contribution in [0.1, 0.15) is 29.7 Å². The fourth-order valence-electron chi connectivity index (χ4n) is 4.89. The van der Waals surface area contributed by atoms with E-state index in [0.717, 1.165) is 11.1 Å². The highest BCUT2D eigenvalue weighted by Gasteiger charge is 2.39. The van der Waals surface area contributed by atoms with Crippen molar-refractivity contribution in [2.24, 2.45) is 5.73 Å². The molecule has 41 heavy (non-hydrogen) atoms. The van der Waals surface area contributed by atoms with Crippen LogP contribution in [-0.2, 0) is 38.4 Å². The van der Waals surface area contributed by atoms with Gasteiger partial charge in [0.2, 0.25) is 17.7 Å². The first-order chi connectivity index (χ1) is 19.7. The number of aromatic hydroxyl groups is 1. The molecule has 1 aliphatic heterocycles. The number of carboxylic acids is 1. The zero-order valence-electron chi connectivity index (χ0n) is 22.4. The molecule has 3 aromatic rings. The number of carbonyl (C=O) groups excluding carboxylic acids is 3. The Labute approximate surface area is 237 Å². The SMILES string of the molecule is NC(Cc1ccc(O)cc1)C(=O)NC(Cc1ccccc1)C(=O)N1CCCC1C(=O)NC(Cc1cnc[nH]1)C(=O)O. The number of nitrogens with two attached hydrogens (primary N) is 1. The lowest BCUT2D eigenvalue weighted by atomic mass is 10.0. The number of rotatable bonds is 12. The Balaban J connectivity index is 1.47. The smallest absolute Gasteiger partial charge is 0.326 e. The highest BCUT2D eigenvalue weighted by Crippen LogP contribution is 2.20. The van der Waals surface area contributed by atoms with Crippen molar-refractivity contribution in [2.75, 3.05) is 6.54 Å². The quantitative estimate of drug-likeness (QED) is 0.184. The molecule has 1 aromatic heterocycles. The first-order valence-electron chi connectivity index (χ1n) is 13.4. The van der Waals surface area contributed by atoms with Gasteiger partial charge in [-0.2, -0.15) is 0 Å². The number of nitrogens with one attached hydrogen (secondary N) is 3. The Morgan fingerprint density at radius 2 is 1.68 bits per heavy atom. The van der Waals surface area contributed by atoms with E-state index in [1.54, 1.807) is 12.1 Å². The normalized spacial score (nSPS) is 16.9. The van der Waals surface area contributed by atoms with Crippen LogP contribution in [0.4, 0.5) is 0 Å². The number of carbonyl (C=O) groups is 4. The maximum Gasteiger partial charge on any atom is 0.326 e. The number of hydrogen-bond acceptors (Lipinski definition) is 7. The molecule has 2 heterocycles. The van der Waals surface area contributed by atoms with E-state index in [0.29, 0.717) is 18.5 Å². The molecular weight excluding hydrogens is 528 g/mol. The minimum Gasteiger partial charge on any atom is -0.508 e. The first kappa shape index (κ1) is 29.3. The number of phenols is 1. The van der Waals surface area contributed by atoms with E-state index in [1.807, 2.05) is 30.3 Å². The average Bonchev–Trinajstić information content (AvgIpc) is 3.66. The summed E-state index contributed by atoms with van der Waals surface area (Å²) in [5, 5.41) is 24.5. The maximum absolute atomic E-state index is 13.8. The van der Waals surface area contributed by atoms with Gasteiger partial charge in [0.1, 0.15) is 23.9 Å². The van der Waals surface area contributed by atoms with Gasteiger partial charge in [0.15, 0.2) is 0 Å². The zero-order valence-corrected chi connectivity index (χ0v) is 22.4.